The van der Waals surface area contributed by atoms with Crippen LogP contribution in [0.3, 0.4) is 0 Å². The van der Waals surface area contributed by atoms with Crippen molar-refractivity contribution in [2.24, 2.45) is 5.92 Å². The molecule has 1 aromatic carbocycles. The van der Waals surface area contributed by atoms with E-state index < -0.39 is 23.8 Å². The minimum absolute atomic E-state index is 0.0113. The number of unbranched alkanes of at least 4 members (excludes halogenated alkanes) is 2. The lowest BCUT2D eigenvalue weighted by Gasteiger charge is -2.35. The third-order valence-corrected chi connectivity index (χ3v) is 8.67. The van der Waals surface area contributed by atoms with Crippen molar-refractivity contribution >= 4 is 17.9 Å². The van der Waals surface area contributed by atoms with Gasteiger partial charge in [0.25, 0.3) is 0 Å². The molecule has 41 heavy (non-hydrogen) atoms. The molecule has 0 spiro atoms. The monoisotopic (exact) mass is 574 g/mol. The molecular formula is C30H46N4O7. The van der Waals surface area contributed by atoms with Crippen LogP contribution in [0.5, 0.6) is 11.5 Å². The normalized spacial score (nSPS) is 22.4. The van der Waals surface area contributed by atoms with Crippen LogP contribution in [0.1, 0.15) is 69.4 Å². The van der Waals surface area contributed by atoms with Gasteiger partial charge in [-0.15, -0.1) is 0 Å². The lowest BCUT2D eigenvalue weighted by molar-refractivity contribution is -0.144. The van der Waals surface area contributed by atoms with Crippen LogP contribution in [0.4, 0.5) is 4.79 Å². The summed E-state index contributed by atoms with van der Waals surface area (Å²) in [5.41, 5.74) is 1.30. The second kappa shape index (κ2) is 14.2. The number of fused-ring (bicyclic) bond motifs is 1. The van der Waals surface area contributed by atoms with Crippen LogP contribution in [0, 0.1) is 5.92 Å². The van der Waals surface area contributed by atoms with E-state index >= 15 is 0 Å². The first-order chi connectivity index (χ1) is 19.8. The van der Waals surface area contributed by atoms with Gasteiger partial charge < -0.3 is 34.4 Å². The summed E-state index contributed by atoms with van der Waals surface area (Å²) >= 11 is 0. The van der Waals surface area contributed by atoms with Gasteiger partial charge in [0.2, 0.25) is 12.7 Å². The topological polar surface area (TPSA) is 123 Å². The lowest BCUT2D eigenvalue weighted by atomic mass is 9.83. The van der Waals surface area contributed by atoms with E-state index in [9.17, 15) is 24.6 Å². The van der Waals surface area contributed by atoms with Gasteiger partial charge in [0.05, 0.1) is 19.1 Å². The van der Waals surface area contributed by atoms with E-state index in [1.165, 1.54) is 0 Å². The number of benzene rings is 1. The molecule has 0 saturated carbocycles. The zero-order valence-electron chi connectivity index (χ0n) is 24.7. The smallest absolute Gasteiger partial charge is 0.319 e. The summed E-state index contributed by atoms with van der Waals surface area (Å²) in [6, 6.07) is 3.12. The fraction of sp³-hybridized carbons (Fsp3) is 0.700. The highest BCUT2D eigenvalue weighted by atomic mass is 16.7. The fourth-order valence-corrected chi connectivity index (χ4v) is 6.39. The Morgan fingerprint density at radius 1 is 1.10 bits per heavy atom. The van der Waals surface area contributed by atoms with Crippen LogP contribution in [0.25, 0.3) is 0 Å². The van der Waals surface area contributed by atoms with E-state index in [0.29, 0.717) is 62.8 Å². The second-order valence-electron chi connectivity index (χ2n) is 11.5. The molecule has 2 N–H and O–H groups in total. The molecule has 3 aliphatic heterocycles. The quantitative estimate of drug-likeness (QED) is 0.348. The van der Waals surface area contributed by atoms with Gasteiger partial charge in [-0.3, -0.25) is 14.5 Å². The van der Waals surface area contributed by atoms with Crippen molar-refractivity contribution in [1.29, 1.82) is 0 Å². The maximum Gasteiger partial charge on any atom is 0.319 e. The number of hydrogen-bond donors (Lipinski definition) is 2. The number of ether oxygens (including phenoxy) is 2. The van der Waals surface area contributed by atoms with Crippen LogP contribution < -0.4 is 9.47 Å². The Morgan fingerprint density at radius 2 is 1.83 bits per heavy atom. The first kappa shape index (κ1) is 30.9. The van der Waals surface area contributed by atoms with Gasteiger partial charge in [-0.1, -0.05) is 26.7 Å². The molecule has 3 amide bonds. The summed E-state index contributed by atoms with van der Waals surface area (Å²) < 4.78 is 11.1. The maximum atomic E-state index is 13.6. The number of aliphatic hydroxyl groups excluding tert-OH is 1. The third-order valence-electron chi connectivity index (χ3n) is 8.67. The molecule has 4 rings (SSSR count). The van der Waals surface area contributed by atoms with Gasteiger partial charge in [0.15, 0.2) is 11.5 Å². The molecule has 0 aliphatic carbocycles. The molecule has 11 nitrogen and oxygen atoms in total. The van der Waals surface area contributed by atoms with Crippen molar-refractivity contribution in [3.63, 3.8) is 0 Å². The Bertz CT molecular complexity index is 1080. The number of carbonyl (C=O) groups excluding carboxylic acids is 2. The van der Waals surface area contributed by atoms with Gasteiger partial charge in [-0.05, 0) is 43.4 Å². The molecule has 2 saturated heterocycles. The minimum Gasteiger partial charge on any atom is -0.481 e. The summed E-state index contributed by atoms with van der Waals surface area (Å²) in [6.07, 6.45) is 5.13. The van der Waals surface area contributed by atoms with E-state index in [1.54, 1.807) is 22.9 Å². The predicted octanol–water partition coefficient (Wildman–Crippen LogP) is 2.95. The molecule has 0 bridgehead atoms. The summed E-state index contributed by atoms with van der Waals surface area (Å²) in [6.45, 7) is 7.65. The summed E-state index contributed by atoms with van der Waals surface area (Å²) in [4.78, 5) is 46.7. The fourth-order valence-electron chi connectivity index (χ4n) is 6.39. The van der Waals surface area contributed by atoms with Crippen molar-refractivity contribution in [2.75, 3.05) is 59.7 Å². The van der Waals surface area contributed by atoms with E-state index in [1.807, 2.05) is 15.9 Å². The zero-order chi connectivity index (χ0) is 29.5. The number of carboxylic acid groups (broad SMARTS) is 1. The van der Waals surface area contributed by atoms with Crippen LogP contribution >= 0.6 is 0 Å². The van der Waals surface area contributed by atoms with Crippen molar-refractivity contribution in [1.82, 2.24) is 19.6 Å². The number of amides is 3. The lowest BCUT2D eigenvalue weighted by Crippen LogP contribution is -2.50. The maximum absolute atomic E-state index is 13.6. The SMILES string of the molecule is CCCCN(CCCC)C(=O)CN1C[C@H](c2cc(CO)c3c(c2)OCO3)[C@@H](C(=O)O)[C@@H]1CCN1CCCN(C)C1=O. The van der Waals surface area contributed by atoms with Crippen molar-refractivity contribution in [2.45, 2.75) is 70.9 Å². The van der Waals surface area contributed by atoms with Gasteiger partial charge in [0.1, 0.15) is 0 Å². The Labute approximate surface area is 243 Å². The van der Waals surface area contributed by atoms with E-state index in [0.717, 1.165) is 37.7 Å². The van der Waals surface area contributed by atoms with E-state index in [-0.39, 0.29) is 31.9 Å². The molecule has 3 heterocycles. The first-order valence-corrected chi connectivity index (χ1v) is 15.1. The summed E-state index contributed by atoms with van der Waals surface area (Å²) in [5.74, 6) is -1.17. The van der Waals surface area contributed by atoms with E-state index in [4.69, 9.17) is 9.47 Å². The van der Waals surface area contributed by atoms with Crippen LogP contribution in [0.2, 0.25) is 0 Å². The molecule has 2 fully saturated rings. The molecule has 11 heteroatoms. The highest BCUT2D eigenvalue weighted by molar-refractivity contribution is 5.79. The number of nitrogens with zero attached hydrogens (tertiary/aromatic N) is 4. The Morgan fingerprint density at radius 3 is 2.49 bits per heavy atom. The van der Waals surface area contributed by atoms with Crippen LogP contribution in [-0.4, -0.2) is 113 Å². The summed E-state index contributed by atoms with van der Waals surface area (Å²) in [5, 5.41) is 20.5. The van der Waals surface area contributed by atoms with Crippen molar-refractivity contribution in [3.05, 3.63) is 23.3 Å². The largest absolute Gasteiger partial charge is 0.481 e. The van der Waals surface area contributed by atoms with Gasteiger partial charge in [-0.2, -0.15) is 0 Å². The Balaban J connectivity index is 1.62. The molecular weight excluding hydrogens is 528 g/mol. The number of aliphatic hydroxyl groups is 1. The molecule has 0 aromatic heterocycles. The average Bonchev–Trinajstić information content (AvgIpc) is 3.58. The molecule has 3 atom stereocenters. The zero-order valence-corrected chi connectivity index (χ0v) is 24.7. The molecule has 0 radical (unpaired) electrons. The van der Waals surface area contributed by atoms with Crippen molar-refractivity contribution in [3.8, 4) is 11.5 Å². The number of likely N-dealkylation sites (tertiary alicyclic amines) is 1. The minimum atomic E-state index is -0.936. The standard InChI is InChI=1S/C30H46N4O7/c1-4-6-11-32(12-7-5-2)26(36)18-34-17-23(21-15-22(19-35)28-25(16-21)40-20-41-28)27(29(37)38)24(34)9-14-33-13-8-10-31(3)30(33)39/h15-16,23-24,27,35H,4-14,17-20H2,1-3H3,(H,37,38)/t23-,24+,27-/m1/s1. The molecule has 0 unspecified atom stereocenters. The highest BCUT2D eigenvalue weighted by Gasteiger charge is 2.48. The van der Waals surface area contributed by atoms with Crippen LogP contribution in [0.15, 0.2) is 12.1 Å². The molecule has 3 aliphatic rings. The number of rotatable bonds is 14. The van der Waals surface area contributed by atoms with Crippen molar-refractivity contribution < 1.29 is 34.1 Å². The molecule has 1 aromatic rings. The Hall–Kier alpha value is -3.05. The first-order valence-electron chi connectivity index (χ1n) is 15.1. The number of urea groups is 1. The average molecular weight is 575 g/mol. The molecule has 228 valence electrons. The number of carboxylic acids is 1. The second-order valence-corrected chi connectivity index (χ2v) is 11.5. The van der Waals surface area contributed by atoms with Gasteiger partial charge in [0, 0.05) is 63.8 Å². The van der Waals surface area contributed by atoms with Gasteiger partial charge in [-0.25, -0.2) is 4.79 Å². The number of hydrogen-bond acceptors (Lipinski definition) is 7. The van der Waals surface area contributed by atoms with Gasteiger partial charge >= 0.3 is 12.0 Å². The predicted molar refractivity (Wildman–Crippen MR) is 153 cm³/mol. The third kappa shape index (κ3) is 7.06. The summed E-state index contributed by atoms with van der Waals surface area (Å²) in [7, 11) is 1.78. The number of carbonyl (C=O) groups is 3. The Kier molecular flexibility index (Phi) is 10.7. The van der Waals surface area contributed by atoms with E-state index in [2.05, 4.69) is 13.8 Å². The highest BCUT2D eigenvalue weighted by Crippen LogP contribution is 2.44. The number of aliphatic carboxylic acids is 1. The van der Waals surface area contributed by atoms with Crippen LogP contribution in [-0.2, 0) is 16.2 Å².